The number of fused-ring (bicyclic) bond motifs is 1. The lowest BCUT2D eigenvalue weighted by Crippen LogP contribution is -2.60. The molecule has 4 nitrogen and oxygen atoms in total. The van der Waals surface area contributed by atoms with E-state index in [2.05, 4.69) is 10.1 Å². The fourth-order valence-corrected chi connectivity index (χ4v) is 4.68. The van der Waals surface area contributed by atoms with Crippen LogP contribution in [0.4, 0.5) is 18.3 Å². The second-order valence-electron chi connectivity index (χ2n) is 7.08. The van der Waals surface area contributed by atoms with Gasteiger partial charge in [-0.15, -0.1) is 11.3 Å². The molecule has 9 heteroatoms. The number of halogens is 4. The van der Waals surface area contributed by atoms with Crippen LogP contribution in [0.25, 0.3) is 11.3 Å². The van der Waals surface area contributed by atoms with Crippen LogP contribution in [-0.2, 0) is 0 Å². The standard InChI is InChI=1S/C18H17ClF3N3OS/c1-10-2-7-14-13(8-10)17(26,18(20,21)22)25(24-14)16-23-15(9-27-16)11-3-5-12(19)6-4-11/h3-6,9-10,13,26H,2,7-8H2,1H3/t10-,13+,17-/m1/s1. The van der Waals surface area contributed by atoms with E-state index in [0.29, 0.717) is 27.9 Å². The van der Waals surface area contributed by atoms with Crippen LogP contribution in [0.15, 0.2) is 34.7 Å². The van der Waals surface area contributed by atoms with Crippen molar-refractivity contribution in [2.75, 3.05) is 5.01 Å². The van der Waals surface area contributed by atoms with Gasteiger partial charge in [-0.2, -0.15) is 23.3 Å². The molecule has 3 atom stereocenters. The van der Waals surface area contributed by atoms with Crippen LogP contribution in [0, 0.1) is 11.8 Å². The number of aliphatic hydroxyl groups is 1. The van der Waals surface area contributed by atoms with Crippen molar-refractivity contribution >= 4 is 33.8 Å². The Hall–Kier alpha value is -1.64. The summed E-state index contributed by atoms with van der Waals surface area (Å²) in [6.45, 7) is 1.90. The molecule has 1 aromatic heterocycles. The number of anilines is 1. The number of alkyl halides is 3. The summed E-state index contributed by atoms with van der Waals surface area (Å²) >= 11 is 6.90. The zero-order valence-corrected chi connectivity index (χ0v) is 15.9. The van der Waals surface area contributed by atoms with Crippen molar-refractivity contribution in [2.45, 2.75) is 38.1 Å². The van der Waals surface area contributed by atoms with Gasteiger partial charge < -0.3 is 5.11 Å². The molecule has 0 radical (unpaired) electrons. The minimum atomic E-state index is -4.86. The highest BCUT2D eigenvalue weighted by Crippen LogP contribution is 2.51. The topological polar surface area (TPSA) is 48.7 Å². The molecule has 1 aliphatic carbocycles. The van der Waals surface area contributed by atoms with E-state index >= 15 is 0 Å². The highest BCUT2D eigenvalue weighted by atomic mass is 35.5. The van der Waals surface area contributed by atoms with Gasteiger partial charge in [-0.1, -0.05) is 30.7 Å². The summed E-state index contributed by atoms with van der Waals surface area (Å²) < 4.78 is 41.9. The quantitative estimate of drug-likeness (QED) is 0.721. The van der Waals surface area contributed by atoms with E-state index in [1.807, 2.05) is 6.92 Å². The number of benzene rings is 1. The Morgan fingerprint density at radius 3 is 2.67 bits per heavy atom. The average molecular weight is 416 g/mol. The molecule has 0 spiro atoms. The smallest absolute Gasteiger partial charge is 0.362 e. The molecule has 4 rings (SSSR count). The third kappa shape index (κ3) is 3.03. The van der Waals surface area contributed by atoms with Crippen LogP contribution in [-0.4, -0.2) is 27.7 Å². The first-order valence-corrected chi connectivity index (χ1v) is 9.84. The van der Waals surface area contributed by atoms with E-state index in [1.165, 1.54) is 0 Å². The Kier molecular flexibility index (Phi) is 4.48. The third-order valence-corrected chi connectivity index (χ3v) is 6.27. The van der Waals surface area contributed by atoms with Gasteiger partial charge in [0.15, 0.2) is 0 Å². The normalized spacial score (nSPS) is 28.2. The Balaban J connectivity index is 1.74. The summed E-state index contributed by atoms with van der Waals surface area (Å²) in [7, 11) is 0. The van der Waals surface area contributed by atoms with Crippen LogP contribution in [0.1, 0.15) is 26.2 Å². The lowest BCUT2D eigenvalue weighted by Gasteiger charge is -2.39. The van der Waals surface area contributed by atoms with Crippen LogP contribution in [0.3, 0.4) is 0 Å². The van der Waals surface area contributed by atoms with Crippen molar-refractivity contribution < 1.29 is 18.3 Å². The number of hydrazone groups is 1. The lowest BCUT2D eigenvalue weighted by atomic mass is 9.76. The zero-order valence-electron chi connectivity index (χ0n) is 14.4. The van der Waals surface area contributed by atoms with Crippen LogP contribution < -0.4 is 5.01 Å². The van der Waals surface area contributed by atoms with Gasteiger partial charge in [0.2, 0.25) is 5.13 Å². The molecule has 0 saturated heterocycles. The van der Waals surface area contributed by atoms with Gasteiger partial charge in [-0.05, 0) is 37.3 Å². The van der Waals surface area contributed by atoms with Crippen LogP contribution >= 0.6 is 22.9 Å². The molecule has 2 aliphatic rings. The van der Waals surface area contributed by atoms with Gasteiger partial charge in [0.25, 0.3) is 5.72 Å². The van der Waals surface area contributed by atoms with E-state index in [-0.39, 0.29) is 17.5 Å². The minimum absolute atomic E-state index is 0.0225. The highest BCUT2D eigenvalue weighted by molar-refractivity contribution is 7.14. The first-order chi connectivity index (χ1) is 12.7. The number of hydrogen-bond donors (Lipinski definition) is 1. The Morgan fingerprint density at radius 1 is 1.30 bits per heavy atom. The van der Waals surface area contributed by atoms with Crippen molar-refractivity contribution in [2.24, 2.45) is 16.9 Å². The molecule has 1 saturated carbocycles. The fraction of sp³-hybridized carbons (Fsp3) is 0.444. The predicted octanol–water partition coefficient (Wildman–Crippen LogP) is 5.33. The summed E-state index contributed by atoms with van der Waals surface area (Å²) in [5, 5.41) is 17.9. The maximum absolute atomic E-state index is 14.0. The van der Waals surface area contributed by atoms with Gasteiger partial charge in [-0.3, -0.25) is 0 Å². The molecule has 1 fully saturated rings. The van der Waals surface area contributed by atoms with Crippen molar-refractivity contribution in [3.63, 3.8) is 0 Å². The molecule has 0 unspecified atom stereocenters. The summed E-state index contributed by atoms with van der Waals surface area (Å²) in [6.07, 6.45) is -3.38. The van der Waals surface area contributed by atoms with Gasteiger partial charge in [0.05, 0.1) is 11.6 Å². The van der Waals surface area contributed by atoms with Crippen LogP contribution in [0.5, 0.6) is 0 Å². The molecule has 2 heterocycles. The minimum Gasteiger partial charge on any atom is -0.362 e. The van der Waals surface area contributed by atoms with Gasteiger partial charge >= 0.3 is 6.18 Å². The van der Waals surface area contributed by atoms with Crippen molar-refractivity contribution in [1.29, 1.82) is 0 Å². The monoisotopic (exact) mass is 415 g/mol. The van der Waals surface area contributed by atoms with E-state index in [1.54, 1.807) is 29.6 Å². The van der Waals surface area contributed by atoms with Crippen LogP contribution in [0.2, 0.25) is 5.02 Å². The number of nitrogens with zero attached hydrogens (tertiary/aromatic N) is 3. The number of aromatic nitrogens is 1. The maximum Gasteiger partial charge on any atom is 0.439 e. The largest absolute Gasteiger partial charge is 0.439 e. The summed E-state index contributed by atoms with van der Waals surface area (Å²) in [5.41, 5.74) is -1.42. The number of hydrogen-bond acceptors (Lipinski definition) is 5. The summed E-state index contributed by atoms with van der Waals surface area (Å²) in [4.78, 5) is 4.31. The Bertz CT molecular complexity index is 883. The highest BCUT2D eigenvalue weighted by Gasteiger charge is 2.68. The van der Waals surface area contributed by atoms with Gasteiger partial charge in [-0.25, -0.2) is 4.98 Å². The van der Waals surface area contributed by atoms with E-state index < -0.39 is 17.8 Å². The third-order valence-electron chi connectivity index (χ3n) is 5.20. The lowest BCUT2D eigenvalue weighted by molar-refractivity contribution is -0.269. The second-order valence-corrected chi connectivity index (χ2v) is 8.35. The van der Waals surface area contributed by atoms with Gasteiger partial charge in [0, 0.05) is 21.7 Å². The molecule has 1 aliphatic heterocycles. The van der Waals surface area contributed by atoms with Crippen molar-refractivity contribution in [3.05, 3.63) is 34.7 Å². The average Bonchev–Trinajstić information content (AvgIpc) is 3.19. The predicted molar refractivity (Wildman–Crippen MR) is 100.0 cm³/mol. The molecular weight excluding hydrogens is 399 g/mol. The Labute approximate surface area is 163 Å². The molecule has 0 bridgehead atoms. The number of thiazole rings is 1. The SMILES string of the molecule is C[C@@H]1CCC2=NN(c3nc(-c4ccc(Cl)cc4)cs3)[C@](O)(C(F)(F)F)[C@H]2C1. The molecule has 144 valence electrons. The van der Waals surface area contributed by atoms with E-state index in [4.69, 9.17) is 11.6 Å². The van der Waals surface area contributed by atoms with Gasteiger partial charge in [0.1, 0.15) is 0 Å². The zero-order chi connectivity index (χ0) is 19.4. The molecule has 1 aromatic carbocycles. The number of rotatable bonds is 2. The molecule has 1 N–H and O–H groups in total. The molecule has 0 amide bonds. The summed E-state index contributed by atoms with van der Waals surface area (Å²) in [6, 6.07) is 6.87. The molecule has 2 aromatic rings. The first kappa shape index (κ1) is 18.7. The van der Waals surface area contributed by atoms with E-state index in [9.17, 15) is 18.3 Å². The molecular formula is C18H17ClF3N3OS. The Morgan fingerprint density at radius 2 is 2.00 bits per heavy atom. The molecule has 27 heavy (non-hydrogen) atoms. The maximum atomic E-state index is 14.0. The summed E-state index contributed by atoms with van der Waals surface area (Å²) in [5.74, 6) is -0.965. The van der Waals surface area contributed by atoms with Crippen molar-refractivity contribution in [1.82, 2.24) is 4.98 Å². The van der Waals surface area contributed by atoms with Crippen molar-refractivity contribution in [3.8, 4) is 11.3 Å². The second kappa shape index (κ2) is 6.46. The fourth-order valence-electron chi connectivity index (χ4n) is 3.71. The van der Waals surface area contributed by atoms with E-state index in [0.717, 1.165) is 23.3 Å². The first-order valence-electron chi connectivity index (χ1n) is 8.58.